The molecule has 2 atom stereocenters. The van der Waals surface area contributed by atoms with E-state index in [0.29, 0.717) is 26.2 Å². The molecule has 3 aliphatic heterocycles. The highest BCUT2D eigenvalue weighted by molar-refractivity contribution is 5.80. The first-order valence-electron chi connectivity index (χ1n) is 11.8. The Morgan fingerprint density at radius 3 is 2.81 bits per heavy atom. The molecule has 2 saturated heterocycles. The zero-order valence-electron chi connectivity index (χ0n) is 18.6. The standard InChI is InChI=1S/C23H34N4O4/c1-2-31-23(30)18-7-6-10-26(15-18)22(29)16-25-12-9-17(14-25)19-13-21(28)27-11-5-3-4-8-20(27)24-19/h13,17-18H,2-12,14-16H2,1H3/t17-,18+/m0/s1. The van der Waals surface area contributed by atoms with Crippen LogP contribution >= 0.6 is 0 Å². The highest BCUT2D eigenvalue weighted by Gasteiger charge is 2.32. The lowest BCUT2D eigenvalue weighted by Gasteiger charge is -2.32. The Balaban J connectivity index is 1.35. The van der Waals surface area contributed by atoms with E-state index in [2.05, 4.69) is 4.90 Å². The molecule has 0 aliphatic carbocycles. The van der Waals surface area contributed by atoms with E-state index >= 15 is 0 Å². The minimum atomic E-state index is -0.208. The van der Waals surface area contributed by atoms with Crippen LogP contribution in [0.15, 0.2) is 10.9 Å². The predicted octanol–water partition coefficient (Wildman–Crippen LogP) is 1.56. The molecule has 1 amide bonds. The number of aryl methyl sites for hydroxylation is 1. The molecule has 31 heavy (non-hydrogen) atoms. The maximum Gasteiger partial charge on any atom is 0.310 e. The number of nitrogens with zero attached hydrogens (tertiary/aromatic N) is 4. The van der Waals surface area contributed by atoms with E-state index in [1.165, 1.54) is 0 Å². The third-order valence-electron chi connectivity index (χ3n) is 6.83. The molecule has 4 rings (SSSR count). The number of amides is 1. The van der Waals surface area contributed by atoms with Crippen molar-refractivity contribution in [2.24, 2.45) is 5.92 Å². The molecule has 0 saturated carbocycles. The van der Waals surface area contributed by atoms with Gasteiger partial charge in [0.2, 0.25) is 5.91 Å². The molecule has 3 aliphatic rings. The predicted molar refractivity (Wildman–Crippen MR) is 116 cm³/mol. The molecule has 0 N–H and O–H groups in total. The third kappa shape index (κ3) is 5.17. The van der Waals surface area contributed by atoms with Gasteiger partial charge in [0.1, 0.15) is 5.82 Å². The van der Waals surface area contributed by atoms with Crippen LogP contribution in [0.1, 0.15) is 62.9 Å². The second kappa shape index (κ2) is 9.94. The molecule has 0 aromatic carbocycles. The zero-order chi connectivity index (χ0) is 21.8. The minimum Gasteiger partial charge on any atom is -0.466 e. The van der Waals surface area contributed by atoms with Gasteiger partial charge in [-0.3, -0.25) is 23.9 Å². The molecule has 8 nitrogen and oxygen atoms in total. The molecular weight excluding hydrogens is 396 g/mol. The Kier molecular flexibility index (Phi) is 7.05. The average molecular weight is 431 g/mol. The SMILES string of the molecule is CCOC(=O)[C@@H]1CCCN(C(=O)CN2CC[C@H](c3cc(=O)n4c(n3)CCCCC4)C2)C1. The van der Waals surface area contributed by atoms with Crippen LogP contribution in [0.3, 0.4) is 0 Å². The van der Waals surface area contributed by atoms with Gasteiger partial charge in [-0.2, -0.15) is 0 Å². The van der Waals surface area contributed by atoms with Crippen LogP contribution in [0.5, 0.6) is 0 Å². The molecular formula is C23H34N4O4. The van der Waals surface area contributed by atoms with E-state index in [9.17, 15) is 14.4 Å². The summed E-state index contributed by atoms with van der Waals surface area (Å²) in [5.74, 6) is 0.795. The lowest BCUT2D eigenvalue weighted by Crippen LogP contribution is -2.46. The van der Waals surface area contributed by atoms with Crippen LogP contribution < -0.4 is 5.56 Å². The normalized spacial score (nSPS) is 24.5. The van der Waals surface area contributed by atoms with E-state index < -0.39 is 0 Å². The molecule has 2 fully saturated rings. The van der Waals surface area contributed by atoms with Crippen LogP contribution in [0.4, 0.5) is 0 Å². The Hall–Kier alpha value is -2.22. The summed E-state index contributed by atoms with van der Waals surface area (Å²) >= 11 is 0. The molecule has 4 heterocycles. The van der Waals surface area contributed by atoms with Crippen molar-refractivity contribution in [1.29, 1.82) is 0 Å². The van der Waals surface area contributed by atoms with E-state index in [4.69, 9.17) is 9.72 Å². The topological polar surface area (TPSA) is 84.7 Å². The molecule has 0 unspecified atom stereocenters. The van der Waals surface area contributed by atoms with Gasteiger partial charge in [0.15, 0.2) is 0 Å². The summed E-state index contributed by atoms with van der Waals surface area (Å²) in [6, 6.07) is 1.71. The van der Waals surface area contributed by atoms with Crippen LogP contribution in [0, 0.1) is 5.92 Å². The van der Waals surface area contributed by atoms with E-state index in [1.807, 2.05) is 9.47 Å². The monoisotopic (exact) mass is 430 g/mol. The number of likely N-dealkylation sites (tertiary alicyclic amines) is 2. The van der Waals surface area contributed by atoms with Crippen molar-refractivity contribution in [2.75, 3.05) is 39.3 Å². The largest absolute Gasteiger partial charge is 0.466 e. The second-order valence-corrected chi connectivity index (χ2v) is 9.05. The summed E-state index contributed by atoms with van der Waals surface area (Å²) in [7, 11) is 0. The number of fused-ring (bicyclic) bond motifs is 1. The molecule has 8 heteroatoms. The van der Waals surface area contributed by atoms with Gasteiger partial charge in [-0.25, -0.2) is 4.98 Å². The fourth-order valence-corrected chi connectivity index (χ4v) is 5.11. The lowest BCUT2D eigenvalue weighted by atomic mass is 9.98. The van der Waals surface area contributed by atoms with Crippen LogP contribution in [0.25, 0.3) is 0 Å². The van der Waals surface area contributed by atoms with Gasteiger partial charge in [0, 0.05) is 44.6 Å². The summed E-state index contributed by atoms with van der Waals surface area (Å²) in [6.07, 6.45) is 6.67. The van der Waals surface area contributed by atoms with Gasteiger partial charge in [-0.1, -0.05) is 6.42 Å². The van der Waals surface area contributed by atoms with Gasteiger partial charge in [-0.15, -0.1) is 0 Å². The number of carbonyl (C=O) groups excluding carboxylic acids is 2. The van der Waals surface area contributed by atoms with Crippen molar-refractivity contribution < 1.29 is 14.3 Å². The fourth-order valence-electron chi connectivity index (χ4n) is 5.11. The van der Waals surface area contributed by atoms with Crippen LogP contribution in [0.2, 0.25) is 0 Å². The summed E-state index contributed by atoms with van der Waals surface area (Å²) in [4.78, 5) is 46.4. The van der Waals surface area contributed by atoms with Gasteiger partial charge in [0.25, 0.3) is 5.56 Å². The summed E-state index contributed by atoms with van der Waals surface area (Å²) < 4.78 is 6.98. The smallest absolute Gasteiger partial charge is 0.310 e. The Bertz CT molecular complexity index is 868. The number of hydrogen-bond acceptors (Lipinski definition) is 6. The zero-order valence-corrected chi connectivity index (χ0v) is 18.6. The number of hydrogen-bond donors (Lipinski definition) is 0. The van der Waals surface area contributed by atoms with Crippen molar-refractivity contribution in [2.45, 2.75) is 64.3 Å². The molecule has 0 spiro atoms. The van der Waals surface area contributed by atoms with Crippen molar-refractivity contribution in [1.82, 2.24) is 19.4 Å². The third-order valence-corrected chi connectivity index (χ3v) is 6.83. The highest BCUT2D eigenvalue weighted by atomic mass is 16.5. The first kappa shape index (κ1) is 22.0. The second-order valence-electron chi connectivity index (χ2n) is 9.05. The Morgan fingerprint density at radius 2 is 1.97 bits per heavy atom. The number of esters is 1. The van der Waals surface area contributed by atoms with Crippen molar-refractivity contribution in [3.63, 3.8) is 0 Å². The molecule has 0 radical (unpaired) electrons. The lowest BCUT2D eigenvalue weighted by molar-refractivity contribution is -0.151. The molecule has 0 bridgehead atoms. The van der Waals surface area contributed by atoms with E-state index in [-0.39, 0.29) is 29.3 Å². The van der Waals surface area contributed by atoms with Crippen molar-refractivity contribution in [3.05, 3.63) is 27.9 Å². The number of carbonyl (C=O) groups is 2. The minimum absolute atomic E-state index is 0.0646. The summed E-state index contributed by atoms with van der Waals surface area (Å²) in [5.41, 5.74) is 0.947. The van der Waals surface area contributed by atoms with Gasteiger partial charge >= 0.3 is 5.97 Å². The molecule has 1 aromatic heterocycles. The quantitative estimate of drug-likeness (QED) is 0.659. The maximum atomic E-state index is 12.9. The Labute approximate surface area is 183 Å². The first-order valence-corrected chi connectivity index (χ1v) is 11.8. The van der Waals surface area contributed by atoms with Gasteiger partial charge in [0.05, 0.1) is 24.8 Å². The van der Waals surface area contributed by atoms with Crippen molar-refractivity contribution >= 4 is 11.9 Å². The molecule has 1 aromatic rings. The van der Waals surface area contributed by atoms with E-state index in [1.54, 1.807) is 13.0 Å². The molecule has 170 valence electrons. The van der Waals surface area contributed by atoms with Gasteiger partial charge < -0.3 is 9.64 Å². The van der Waals surface area contributed by atoms with Crippen molar-refractivity contribution in [3.8, 4) is 0 Å². The maximum absolute atomic E-state index is 12.9. The van der Waals surface area contributed by atoms with Gasteiger partial charge in [-0.05, 0) is 45.6 Å². The summed E-state index contributed by atoms with van der Waals surface area (Å²) in [5, 5.41) is 0. The Morgan fingerprint density at radius 1 is 1.10 bits per heavy atom. The fraction of sp³-hybridized carbons (Fsp3) is 0.739. The van der Waals surface area contributed by atoms with Crippen LogP contribution in [-0.2, 0) is 27.3 Å². The first-order chi connectivity index (χ1) is 15.0. The average Bonchev–Trinajstić information content (AvgIpc) is 3.09. The van der Waals surface area contributed by atoms with E-state index in [0.717, 1.165) is 76.1 Å². The van der Waals surface area contributed by atoms with Crippen LogP contribution in [-0.4, -0.2) is 70.6 Å². The number of rotatable bonds is 5. The number of aromatic nitrogens is 2. The summed E-state index contributed by atoms with van der Waals surface area (Å²) in [6.45, 7) is 6.04. The highest BCUT2D eigenvalue weighted by Crippen LogP contribution is 2.26. The number of ether oxygens (including phenoxy) is 1. The number of piperidine rings is 1.